The van der Waals surface area contributed by atoms with Gasteiger partial charge in [-0.05, 0) is 24.1 Å². The van der Waals surface area contributed by atoms with E-state index in [1.54, 1.807) is 0 Å². The van der Waals surface area contributed by atoms with Gasteiger partial charge in [0, 0.05) is 38.8 Å². The molecule has 5 aromatic rings. The molecule has 0 atom stereocenters. The van der Waals surface area contributed by atoms with Crippen LogP contribution in [0.2, 0.25) is 0 Å². The molecule has 118 valence electrons. The first-order valence-corrected chi connectivity index (χ1v) is 9.41. The first-order chi connectivity index (χ1) is 11.8. The van der Waals surface area contributed by atoms with Crippen LogP contribution in [0.3, 0.4) is 0 Å². The summed E-state index contributed by atoms with van der Waals surface area (Å²) in [6, 6.07) is 20.1. The lowest BCUT2D eigenvalue weighted by Crippen LogP contribution is -1.88. The first-order valence-electron chi connectivity index (χ1n) is 8.60. The van der Waals surface area contributed by atoms with Crippen molar-refractivity contribution in [2.45, 2.75) is 19.8 Å². The Labute approximate surface area is 145 Å². The number of hydrogen-bond acceptors (Lipinski definition) is 1. The summed E-state index contributed by atoms with van der Waals surface area (Å²) in [6.07, 6.45) is 2.32. The van der Waals surface area contributed by atoms with Crippen LogP contribution in [0.5, 0.6) is 0 Å². The van der Waals surface area contributed by atoms with E-state index in [1.165, 1.54) is 54.0 Å². The minimum Gasteiger partial charge on any atom is -0.342 e. The Hall–Kier alpha value is -2.32. The number of rotatable bonds is 2. The summed E-state index contributed by atoms with van der Waals surface area (Å²) in [5, 5.41) is 5.59. The number of thiophene rings is 1. The standard InChI is InChI=1S/C22H19NS/c1-3-7-14-8-6-10-18-20(14)17-13-12-16-15-9-4-5-11-19(15)24-22(16)21(17)23(18)2/h4-6,8-13H,3,7H2,1-2H3. The van der Waals surface area contributed by atoms with Crippen LogP contribution in [0.15, 0.2) is 54.6 Å². The van der Waals surface area contributed by atoms with Crippen molar-refractivity contribution in [3.05, 3.63) is 60.2 Å². The third kappa shape index (κ3) is 1.75. The molecule has 0 bridgehead atoms. The topological polar surface area (TPSA) is 4.93 Å². The molecule has 0 aliphatic carbocycles. The van der Waals surface area contributed by atoms with Crippen LogP contribution >= 0.6 is 11.3 Å². The zero-order valence-corrected chi connectivity index (χ0v) is 14.8. The summed E-state index contributed by atoms with van der Waals surface area (Å²) in [7, 11) is 2.21. The monoisotopic (exact) mass is 329 g/mol. The highest BCUT2D eigenvalue weighted by atomic mass is 32.1. The van der Waals surface area contributed by atoms with E-state index in [-0.39, 0.29) is 0 Å². The molecular formula is C22H19NS. The van der Waals surface area contributed by atoms with Crippen LogP contribution in [-0.4, -0.2) is 4.57 Å². The SMILES string of the molecule is CCCc1cccc2c1c1ccc3c4ccccc4sc3c1n2C. The zero-order chi connectivity index (χ0) is 16.3. The second-order valence-corrected chi connectivity index (χ2v) is 7.61. The lowest BCUT2D eigenvalue weighted by Gasteiger charge is -2.02. The van der Waals surface area contributed by atoms with Gasteiger partial charge in [0.1, 0.15) is 0 Å². The Bertz CT molecular complexity index is 1220. The number of hydrogen-bond donors (Lipinski definition) is 0. The Morgan fingerprint density at radius 1 is 0.875 bits per heavy atom. The van der Waals surface area contributed by atoms with Crippen molar-refractivity contribution in [1.29, 1.82) is 0 Å². The fourth-order valence-corrected chi connectivity index (χ4v) is 5.37. The van der Waals surface area contributed by atoms with Crippen LogP contribution in [-0.2, 0) is 13.5 Å². The predicted octanol–water partition coefficient (Wildman–Crippen LogP) is 6.65. The Balaban J connectivity index is 2.03. The van der Waals surface area contributed by atoms with Gasteiger partial charge in [-0.2, -0.15) is 0 Å². The molecule has 1 nitrogen and oxygen atoms in total. The normalized spacial score (nSPS) is 12.1. The molecule has 24 heavy (non-hydrogen) atoms. The maximum atomic E-state index is 2.39. The Morgan fingerprint density at radius 3 is 2.58 bits per heavy atom. The number of fused-ring (bicyclic) bond motifs is 7. The third-order valence-corrected chi connectivity index (χ3v) is 6.33. The van der Waals surface area contributed by atoms with Gasteiger partial charge in [0.05, 0.1) is 10.2 Å². The summed E-state index contributed by atoms with van der Waals surface area (Å²) in [4.78, 5) is 0. The third-order valence-electron chi connectivity index (χ3n) is 5.13. The smallest absolute Gasteiger partial charge is 0.0670 e. The molecular weight excluding hydrogens is 310 g/mol. The second kappa shape index (κ2) is 5.09. The summed E-state index contributed by atoms with van der Waals surface area (Å²) in [5.74, 6) is 0. The van der Waals surface area contributed by atoms with Crippen molar-refractivity contribution < 1.29 is 0 Å². The second-order valence-electron chi connectivity index (χ2n) is 6.56. The number of benzene rings is 3. The van der Waals surface area contributed by atoms with Crippen molar-refractivity contribution in [1.82, 2.24) is 4.57 Å². The molecule has 0 unspecified atom stereocenters. The highest BCUT2D eigenvalue weighted by molar-refractivity contribution is 7.26. The van der Waals surface area contributed by atoms with E-state index in [2.05, 4.69) is 73.1 Å². The quantitative estimate of drug-likeness (QED) is 0.341. The molecule has 2 aromatic heterocycles. The highest BCUT2D eigenvalue weighted by Crippen LogP contribution is 2.42. The van der Waals surface area contributed by atoms with Gasteiger partial charge < -0.3 is 4.57 Å². The maximum Gasteiger partial charge on any atom is 0.0670 e. The average Bonchev–Trinajstić information content (AvgIpc) is 3.12. The largest absolute Gasteiger partial charge is 0.342 e. The van der Waals surface area contributed by atoms with E-state index < -0.39 is 0 Å². The summed E-state index contributed by atoms with van der Waals surface area (Å²) in [6.45, 7) is 2.26. The maximum absolute atomic E-state index is 2.39. The Kier molecular flexibility index (Phi) is 2.98. The predicted molar refractivity (Wildman–Crippen MR) is 107 cm³/mol. The van der Waals surface area contributed by atoms with E-state index in [0.717, 1.165) is 6.42 Å². The van der Waals surface area contributed by atoms with Gasteiger partial charge >= 0.3 is 0 Å². The van der Waals surface area contributed by atoms with Gasteiger partial charge in [0.2, 0.25) is 0 Å². The van der Waals surface area contributed by atoms with Crippen LogP contribution in [0, 0.1) is 0 Å². The molecule has 0 saturated carbocycles. The van der Waals surface area contributed by atoms with Crippen molar-refractivity contribution >= 4 is 53.3 Å². The van der Waals surface area contributed by atoms with Gasteiger partial charge in [-0.25, -0.2) is 0 Å². The fourth-order valence-electron chi connectivity index (χ4n) is 4.08. The lowest BCUT2D eigenvalue weighted by atomic mass is 10.0. The molecule has 0 amide bonds. The van der Waals surface area contributed by atoms with Crippen LogP contribution in [0.4, 0.5) is 0 Å². The molecule has 0 radical (unpaired) electrons. The number of nitrogens with zero attached hydrogens (tertiary/aromatic N) is 1. The molecule has 2 heteroatoms. The van der Waals surface area contributed by atoms with E-state index in [0.29, 0.717) is 0 Å². The Morgan fingerprint density at radius 2 is 1.71 bits per heavy atom. The molecule has 3 aromatic carbocycles. The average molecular weight is 329 g/mol. The fraction of sp³-hybridized carbons (Fsp3) is 0.182. The minimum absolute atomic E-state index is 1.14. The lowest BCUT2D eigenvalue weighted by molar-refractivity contribution is 0.929. The van der Waals surface area contributed by atoms with Crippen LogP contribution in [0.25, 0.3) is 42.0 Å². The van der Waals surface area contributed by atoms with Crippen LogP contribution in [0.1, 0.15) is 18.9 Å². The van der Waals surface area contributed by atoms with Gasteiger partial charge in [0.15, 0.2) is 0 Å². The zero-order valence-electron chi connectivity index (χ0n) is 14.0. The molecule has 5 rings (SSSR count). The van der Waals surface area contributed by atoms with E-state index in [4.69, 9.17) is 0 Å². The molecule has 0 fully saturated rings. The van der Waals surface area contributed by atoms with Crippen LogP contribution < -0.4 is 0 Å². The van der Waals surface area contributed by atoms with Gasteiger partial charge in [-0.1, -0.05) is 55.8 Å². The summed E-state index contributed by atoms with van der Waals surface area (Å²) in [5.41, 5.74) is 4.20. The van der Waals surface area contributed by atoms with E-state index in [9.17, 15) is 0 Å². The van der Waals surface area contributed by atoms with Gasteiger partial charge in [-0.15, -0.1) is 11.3 Å². The van der Waals surface area contributed by atoms with Crippen molar-refractivity contribution in [2.24, 2.45) is 7.05 Å². The molecule has 0 saturated heterocycles. The van der Waals surface area contributed by atoms with Crippen molar-refractivity contribution in [3.63, 3.8) is 0 Å². The van der Waals surface area contributed by atoms with E-state index >= 15 is 0 Å². The van der Waals surface area contributed by atoms with Crippen molar-refractivity contribution in [2.75, 3.05) is 0 Å². The van der Waals surface area contributed by atoms with Gasteiger partial charge in [0.25, 0.3) is 0 Å². The van der Waals surface area contributed by atoms with E-state index in [1.807, 2.05) is 11.3 Å². The molecule has 0 aliphatic rings. The summed E-state index contributed by atoms with van der Waals surface area (Å²) < 4.78 is 5.18. The number of aryl methyl sites for hydroxylation is 2. The molecule has 2 heterocycles. The summed E-state index contributed by atoms with van der Waals surface area (Å²) >= 11 is 1.92. The molecule has 0 aliphatic heterocycles. The first kappa shape index (κ1) is 14.1. The minimum atomic E-state index is 1.14. The highest BCUT2D eigenvalue weighted by Gasteiger charge is 2.16. The van der Waals surface area contributed by atoms with Gasteiger partial charge in [-0.3, -0.25) is 0 Å². The molecule has 0 N–H and O–H groups in total. The van der Waals surface area contributed by atoms with Crippen molar-refractivity contribution in [3.8, 4) is 0 Å². The molecule has 0 spiro atoms. The number of aromatic nitrogens is 1.